The molecular weight excluding hydrogens is 797 g/mol. The molecule has 0 heterocycles. The van der Waals surface area contributed by atoms with Crippen LogP contribution in [0.15, 0.2) is 36.4 Å². The van der Waals surface area contributed by atoms with Gasteiger partial charge in [-0.3, -0.25) is 38.6 Å². The van der Waals surface area contributed by atoms with Crippen LogP contribution in [0.4, 0.5) is 11.4 Å². The number of carbonyl (C=O) groups is 8. The van der Waals surface area contributed by atoms with Crippen molar-refractivity contribution in [1.29, 1.82) is 0 Å². The Morgan fingerprint density at radius 3 is 1.54 bits per heavy atom. The van der Waals surface area contributed by atoms with Gasteiger partial charge in [0.2, 0.25) is 0 Å². The first-order valence-corrected chi connectivity index (χ1v) is 16.5. The van der Waals surface area contributed by atoms with E-state index in [0.29, 0.717) is 33.6 Å². The van der Waals surface area contributed by atoms with E-state index in [1.165, 1.54) is 0 Å². The number of esters is 1. The summed E-state index contributed by atoms with van der Waals surface area (Å²) in [5.74, 6) is -10.4. The second-order valence-electron chi connectivity index (χ2n) is 11.2. The molecule has 310 valence electrons. The second kappa shape index (κ2) is 25.5. The Labute approximate surface area is 328 Å². The average Bonchev–Trinajstić information content (AvgIpc) is 3.06. The fourth-order valence-electron chi connectivity index (χ4n) is 4.12. The van der Waals surface area contributed by atoms with Crippen LogP contribution in [0.1, 0.15) is 35.7 Å². The maximum atomic E-state index is 12.2. The van der Waals surface area contributed by atoms with Crippen molar-refractivity contribution in [3.05, 3.63) is 57.6 Å². The molecular formula is C33H41Cl2N3O18. The Bertz CT molecular complexity index is 1620. The number of carbonyl (C=O) groups excluding carboxylic acids is 1. The van der Waals surface area contributed by atoms with E-state index in [-0.39, 0.29) is 19.9 Å². The van der Waals surface area contributed by atoms with E-state index in [2.05, 4.69) is 5.32 Å². The minimum atomic E-state index is -2.74. The molecule has 0 spiro atoms. The third-order valence-electron chi connectivity index (χ3n) is 6.62. The van der Waals surface area contributed by atoms with Gasteiger partial charge in [-0.15, -0.1) is 0 Å². The minimum absolute atomic E-state index is 0.0703. The van der Waals surface area contributed by atoms with Gasteiger partial charge in [0.1, 0.15) is 0 Å². The van der Waals surface area contributed by atoms with E-state index in [9.17, 15) is 38.4 Å². The van der Waals surface area contributed by atoms with Crippen molar-refractivity contribution < 1.29 is 88.7 Å². The molecule has 21 nitrogen and oxygen atoms in total. The predicted molar refractivity (Wildman–Crippen MR) is 193 cm³/mol. The zero-order valence-corrected chi connectivity index (χ0v) is 31.4. The van der Waals surface area contributed by atoms with Crippen LogP contribution in [0.2, 0.25) is 10.0 Å². The standard InChI is InChI=1S/C17H17Cl2NO3.C10H16N2O8.C6H8O7/c1-3-22-10-23-17(21)12-6-4-5-7-14(12)20-16-13(18)9-8-11(2)15(16)19;13-7(14)3-11(4-8(15)16)1-2-12(5-9(17)18)6-10(19)20;7-3(8)1-6(13,5(11)12)2-4(9)10/h4-9,20H,3,10H2,1-2H3;1-6H2,(H,13,14)(H,15,16)(H,17,18)(H,19,20);13H,1-2H2,(H,7,8)(H,9,10)(H,11,12). The predicted octanol–water partition coefficient (Wildman–Crippen LogP) is 1.88. The average molecular weight is 839 g/mol. The lowest BCUT2D eigenvalue weighted by Crippen LogP contribution is -2.43. The molecule has 0 saturated heterocycles. The Kier molecular flexibility index (Phi) is 23.0. The number of nitrogens with zero attached hydrogens (tertiary/aromatic N) is 2. The molecule has 0 aliphatic carbocycles. The van der Waals surface area contributed by atoms with E-state index in [0.717, 1.165) is 15.4 Å². The molecule has 23 heteroatoms. The molecule has 0 aromatic heterocycles. The van der Waals surface area contributed by atoms with Gasteiger partial charge in [-0.05, 0) is 37.6 Å². The molecule has 0 aliphatic rings. The molecule has 2 aromatic carbocycles. The van der Waals surface area contributed by atoms with Crippen molar-refractivity contribution >= 4 is 82.3 Å². The van der Waals surface area contributed by atoms with Crippen LogP contribution in [-0.4, -0.2) is 157 Å². The third kappa shape index (κ3) is 20.8. The number of ether oxygens (including phenoxy) is 2. The monoisotopic (exact) mass is 837 g/mol. The van der Waals surface area contributed by atoms with Crippen LogP contribution in [0, 0.1) is 6.92 Å². The third-order valence-corrected chi connectivity index (χ3v) is 7.42. The largest absolute Gasteiger partial charge is 0.481 e. The van der Waals surface area contributed by atoms with Gasteiger partial charge in [0.25, 0.3) is 0 Å². The number of para-hydroxylation sites is 1. The van der Waals surface area contributed by atoms with E-state index < -0.39 is 92.4 Å². The van der Waals surface area contributed by atoms with Crippen molar-refractivity contribution in [3.63, 3.8) is 0 Å². The Morgan fingerprint density at radius 2 is 1.14 bits per heavy atom. The van der Waals surface area contributed by atoms with Gasteiger partial charge in [0, 0.05) is 19.7 Å². The van der Waals surface area contributed by atoms with Crippen molar-refractivity contribution in [2.45, 2.75) is 32.3 Å². The first-order chi connectivity index (χ1) is 26.0. The summed E-state index contributed by atoms with van der Waals surface area (Å²) in [5.41, 5.74) is -0.366. The first kappa shape index (κ1) is 50.4. The molecule has 0 unspecified atom stereocenters. The fourth-order valence-corrected chi connectivity index (χ4v) is 4.59. The van der Waals surface area contributed by atoms with Gasteiger partial charge in [-0.2, -0.15) is 0 Å². The zero-order valence-electron chi connectivity index (χ0n) is 29.8. The van der Waals surface area contributed by atoms with Gasteiger partial charge >= 0.3 is 47.8 Å². The topological polar surface area (TPSA) is 335 Å². The van der Waals surface area contributed by atoms with E-state index in [1.54, 1.807) is 30.3 Å². The number of anilines is 2. The van der Waals surface area contributed by atoms with Crippen molar-refractivity contribution in [2.75, 3.05) is 58.0 Å². The van der Waals surface area contributed by atoms with E-state index in [1.807, 2.05) is 19.9 Å². The van der Waals surface area contributed by atoms with Crippen molar-refractivity contribution in [1.82, 2.24) is 9.80 Å². The molecule has 2 rings (SSSR count). The maximum Gasteiger partial charge on any atom is 0.342 e. The number of benzene rings is 2. The van der Waals surface area contributed by atoms with E-state index in [4.69, 9.17) is 73.5 Å². The molecule has 0 atom stereocenters. The highest BCUT2D eigenvalue weighted by Gasteiger charge is 2.40. The summed E-state index contributed by atoms with van der Waals surface area (Å²) in [6, 6.07) is 10.6. The Balaban J connectivity index is 0.000000844. The number of aliphatic hydroxyl groups is 1. The highest BCUT2D eigenvalue weighted by Crippen LogP contribution is 2.36. The number of hydrogen-bond acceptors (Lipinski definition) is 14. The number of hydrogen-bond donors (Lipinski definition) is 9. The summed E-state index contributed by atoms with van der Waals surface area (Å²) in [7, 11) is 0. The van der Waals surface area contributed by atoms with Gasteiger partial charge in [-0.25, -0.2) is 9.59 Å². The fraction of sp³-hybridized carbons (Fsp3) is 0.394. The maximum absolute atomic E-state index is 12.2. The SMILES string of the molecule is CCOCOC(=O)c1ccccc1Nc1c(Cl)ccc(C)c1Cl.O=C(O)CC(O)(CC(=O)O)C(=O)O.O=C(O)CN(CCN(CC(=O)O)CC(=O)O)CC(=O)O. The molecule has 0 saturated carbocycles. The first-order valence-electron chi connectivity index (χ1n) is 15.8. The summed E-state index contributed by atoms with van der Waals surface area (Å²) >= 11 is 12.5. The Morgan fingerprint density at radius 1 is 0.696 bits per heavy atom. The summed E-state index contributed by atoms with van der Waals surface area (Å²) < 4.78 is 10.1. The molecule has 0 aliphatic heterocycles. The van der Waals surface area contributed by atoms with Gasteiger partial charge in [-0.1, -0.05) is 41.4 Å². The summed E-state index contributed by atoms with van der Waals surface area (Å²) in [4.78, 5) is 87.0. The van der Waals surface area contributed by atoms with Crippen LogP contribution < -0.4 is 5.32 Å². The van der Waals surface area contributed by atoms with Crippen LogP contribution >= 0.6 is 23.2 Å². The normalized spacial score (nSPS) is 10.6. The second-order valence-corrected chi connectivity index (χ2v) is 12.0. The number of aliphatic carboxylic acids is 7. The lowest BCUT2D eigenvalue weighted by atomic mass is 9.96. The number of carboxylic acids is 7. The van der Waals surface area contributed by atoms with Gasteiger partial charge in [0.15, 0.2) is 12.4 Å². The number of aryl methyl sites for hydroxylation is 1. The summed E-state index contributed by atoms with van der Waals surface area (Å²) in [6.07, 6.45) is -2.29. The quantitative estimate of drug-likeness (QED) is 0.0464. The molecule has 0 fully saturated rings. The zero-order chi connectivity index (χ0) is 43.2. The molecule has 2 aromatic rings. The number of halogens is 2. The van der Waals surface area contributed by atoms with Gasteiger partial charge in [0.05, 0.1) is 66.0 Å². The number of rotatable bonds is 22. The molecule has 0 amide bonds. The van der Waals surface area contributed by atoms with Crippen molar-refractivity contribution in [3.8, 4) is 0 Å². The molecule has 9 N–H and O–H groups in total. The summed E-state index contributed by atoms with van der Waals surface area (Å²) in [6.45, 7) is 1.84. The highest BCUT2D eigenvalue weighted by molar-refractivity contribution is 6.39. The lowest BCUT2D eigenvalue weighted by molar-refractivity contribution is -0.170. The molecule has 0 bridgehead atoms. The Hall–Kier alpha value is -5.58. The van der Waals surface area contributed by atoms with Crippen LogP contribution in [0.5, 0.6) is 0 Å². The number of nitrogens with one attached hydrogen (secondary N) is 1. The van der Waals surface area contributed by atoms with Gasteiger partial charge < -0.3 is 55.6 Å². The van der Waals surface area contributed by atoms with Crippen molar-refractivity contribution in [2.24, 2.45) is 0 Å². The smallest absolute Gasteiger partial charge is 0.342 e. The molecule has 0 radical (unpaired) electrons. The minimum Gasteiger partial charge on any atom is -0.481 e. The molecule has 56 heavy (non-hydrogen) atoms. The van der Waals surface area contributed by atoms with Crippen LogP contribution in [0.25, 0.3) is 0 Å². The lowest BCUT2D eigenvalue weighted by Gasteiger charge is -2.23. The van der Waals surface area contributed by atoms with Crippen LogP contribution in [0.3, 0.4) is 0 Å². The van der Waals surface area contributed by atoms with E-state index >= 15 is 0 Å². The number of carboxylic acid groups (broad SMARTS) is 7. The van der Waals surface area contributed by atoms with Crippen LogP contribution in [-0.2, 0) is 43.0 Å². The summed E-state index contributed by atoms with van der Waals surface area (Å²) in [5, 5.41) is 72.4. The highest BCUT2D eigenvalue weighted by atomic mass is 35.5.